The normalized spacial score (nSPS) is 23.9. The van der Waals surface area contributed by atoms with Crippen LogP contribution in [-0.2, 0) is 14.6 Å². The number of rotatable bonds is 4. The Morgan fingerprint density at radius 3 is 2.71 bits per heavy atom. The number of benzene rings is 1. The molecule has 1 fully saturated rings. The Morgan fingerprint density at radius 1 is 1.43 bits per heavy atom. The molecule has 1 aliphatic rings. The first-order valence-corrected chi connectivity index (χ1v) is 9.70. The van der Waals surface area contributed by atoms with E-state index < -0.39 is 21.3 Å². The molecule has 1 amide bonds. The van der Waals surface area contributed by atoms with Crippen molar-refractivity contribution < 1.29 is 13.2 Å². The van der Waals surface area contributed by atoms with Crippen molar-refractivity contribution in [2.24, 2.45) is 0 Å². The Labute approximate surface area is 137 Å². The van der Waals surface area contributed by atoms with Crippen LogP contribution in [0, 0.1) is 0 Å². The second-order valence-corrected chi connectivity index (χ2v) is 8.88. The Hall–Kier alpha value is -0.630. The molecule has 1 aliphatic heterocycles. The van der Waals surface area contributed by atoms with E-state index in [1.165, 1.54) is 11.8 Å². The van der Waals surface area contributed by atoms with Crippen molar-refractivity contribution >= 4 is 56.4 Å². The maximum absolute atomic E-state index is 11.9. The van der Waals surface area contributed by atoms with Crippen LogP contribution in [0.25, 0.3) is 0 Å². The molecule has 1 heterocycles. The summed E-state index contributed by atoms with van der Waals surface area (Å²) < 4.78 is 22.8. The van der Waals surface area contributed by atoms with Crippen LogP contribution in [0.5, 0.6) is 0 Å². The van der Waals surface area contributed by atoms with Crippen LogP contribution in [-0.4, -0.2) is 43.0 Å². The lowest BCUT2D eigenvalue weighted by molar-refractivity contribution is -0.119. The van der Waals surface area contributed by atoms with Crippen LogP contribution >= 0.6 is 35.0 Å². The van der Waals surface area contributed by atoms with Crippen LogP contribution < -0.4 is 11.1 Å². The summed E-state index contributed by atoms with van der Waals surface area (Å²) in [5.74, 6) is -0.360. The van der Waals surface area contributed by atoms with Gasteiger partial charge in [0.05, 0.1) is 33.7 Å². The molecule has 3 N–H and O–H groups in total. The molecule has 1 saturated heterocycles. The summed E-state index contributed by atoms with van der Waals surface area (Å²) in [4.78, 5) is 12.6. The number of nitrogen functional groups attached to an aromatic ring is 1. The first-order chi connectivity index (χ1) is 9.77. The molecule has 2 rings (SSSR count). The summed E-state index contributed by atoms with van der Waals surface area (Å²) in [5.41, 5.74) is 6.14. The molecule has 0 aromatic heterocycles. The number of halogens is 2. The van der Waals surface area contributed by atoms with Gasteiger partial charge < -0.3 is 11.1 Å². The van der Waals surface area contributed by atoms with Crippen molar-refractivity contribution in [3.05, 3.63) is 23.2 Å². The zero-order valence-corrected chi connectivity index (χ0v) is 14.0. The van der Waals surface area contributed by atoms with E-state index in [9.17, 15) is 13.2 Å². The van der Waals surface area contributed by atoms with E-state index in [1.54, 1.807) is 18.2 Å². The van der Waals surface area contributed by atoms with Crippen molar-refractivity contribution in [1.29, 1.82) is 0 Å². The number of carbonyl (C=O) groups excluding carboxylic acids is 1. The molecule has 5 nitrogen and oxygen atoms in total. The highest BCUT2D eigenvalue weighted by molar-refractivity contribution is 8.00. The highest BCUT2D eigenvalue weighted by atomic mass is 35.5. The molecule has 21 heavy (non-hydrogen) atoms. The van der Waals surface area contributed by atoms with Crippen LogP contribution in [0.4, 0.5) is 5.69 Å². The standard InChI is InChI=1S/C12H14Cl2N2O3S2/c13-8-3-7(15)1-2-11(8)20-4-12(17)16-10-6-21(18,19)5-9(10)14/h1-3,9-10H,4-6,15H2,(H,16,17). The van der Waals surface area contributed by atoms with Crippen molar-refractivity contribution in [2.75, 3.05) is 23.0 Å². The number of alkyl halides is 1. The van der Waals surface area contributed by atoms with Crippen molar-refractivity contribution in [3.63, 3.8) is 0 Å². The van der Waals surface area contributed by atoms with Crippen LogP contribution in [0.15, 0.2) is 23.1 Å². The Bertz CT molecular complexity index is 652. The van der Waals surface area contributed by atoms with Crippen molar-refractivity contribution in [1.82, 2.24) is 5.32 Å². The van der Waals surface area contributed by atoms with Gasteiger partial charge in [0.1, 0.15) is 0 Å². The number of thioether (sulfide) groups is 1. The molecule has 0 saturated carbocycles. The van der Waals surface area contributed by atoms with Gasteiger partial charge in [-0.05, 0) is 18.2 Å². The minimum absolute atomic E-state index is 0.101. The molecule has 2 unspecified atom stereocenters. The Balaban J connectivity index is 1.88. The largest absolute Gasteiger partial charge is 0.399 e. The minimum atomic E-state index is -3.16. The lowest BCUT2D eigenvalue weighted by Crippen LogP contribution is -2.41. The Kier molecular flexibility index (Phi) is 5.29. The van der Waals surface area contributed by atoms with Gasteiger partial charge in [-0.25, -0.2) is 8.42 Å². The van der Waals surface area contributed by atoms with E-state index in [0.29, 0.717) is 10.7 Å². The van der Waals surface area contributed by atoms with Crippen LogP contribution in [0.2, 0.25) is 5.02 Å². The van der Waals surface area contributed by atoms with Crippen molar-refractivity contribution in [3.8, 4) is 0 Å². The van der Waals surface area contributed by atoms with Gasteiger partial charge in [0.2, 0.25) is 5.91 Å². The summed E-state index contributed by atoms with van der Waals surface area (Å²) in [6, 6.07) is 4.51. The SMILES string of the molecule is Nc1ccc(SCC(=O)NC2CS(=O)(=O)CC2Cl)c(Cl)c1. The zero-order valence-electron chi connectivity index (χ0n) is 10.9. The molecule has 9 heteroatoms. The smallest absolute Gasteiger partial charge is 0.230 e. The highest BCUT2D eigenvalue weighted by Gasteiger charge is 2.37. The number of hydrogen-bond donors (Lipinski definition) is 2. The van der Waals surface area contributed by atoms with Gasteiger partial charge >= 0.3 is 0 Å². The van der Waals surface area contributed by atoms with E-state index in [-0.39, 0.29) is 23.2 Å². The summed E-state index contributed by atoms with van der Waals surface area (Å²) in [7, 11) is -3.16. The first kappa shape index (κ1) is 16.7. The first-order valence-electron chi connectivity index (χ1n) is 6.08. The maximum atomic E-state index is 11.9. The second kappa shape index (κ2) is 6.64. The monoisotopic (exact) mass is 368 g/mol. The molecule has 0 spiro atoms. The van der Waals surface area contributed by atoms with Crippen molar-refractivity contribution in [2.45, 2.75) is 16.3 Å². The van der Waals surface area contributed by atoms with Gasteiger partial charge in [-0.2, -0.15) is 0 Å². The van der Waals surface area contributed by atoms with Gasteiger partial charge in [0.25, 0.3) is 0 Å². The third kappa shape index (κ3) is 4.67. The number of carbonyl (C=O) groups is 1. The van der Waals surface area contributed by atoms with E-state index in [1.807, 2.05) is 0 Å². The molecular formula is C12H14Cl2N2O3S2. The third-order valence-corrected chi connectivity index (χ3v) is 6.82. The number of sulfone groups is 1. The van der Waals surface area contributed by atoms with E-state index in [2.05, 4.69) is 5.32 Å². The molecule has 1 aromatic rings. The van der Waals surface area contributed by atoms with E-state index >= 15 is 0 Å². The lowest BCUT2D eigenvalue weighted by Gasteiger charge is -2.14. The fraction of sp³-hybridized carbons (Fsp3) is 0.417. The molecule has 116 valence electrons. The summed E-state index contributed by atoms with van der Waals surface area (Å²) >= 11 is 13.2. The zero-order chi connectivity index (χ0) is 15.6. The molecule has 0 radical (unpaired) electrons. The molecular weight excluding hydrogens is 355 g/mol. The number of anilines is 1. The number of nitrogens with one attached hydrogen (secondary N) is 1. The number of hydrogen-bond acceptors (Lipinski definition) is 5. The second-order valence-electron chi connectivity index (χ2n) is 4.75. The maximum Gasteiger partial charge on any atom is 0.230 e. The molecule has 0 bridgehead atoms. The van der Waals surface area contributed by atoms with Crippen LogP contribution in [0.1, 0.15) is 0 Å². The average molecular weight is 369 g/mol. The third-order valence-electron chi connectivity index (χ3n) is 2.94. The predicted octanol–water partition coefficient (Wildman–Crippen LogP) is 1.53. The van der Waals surface area contributed by atoms with Crippen LogP contribution in [0.3, 0.4) is 0 Å². The summed E-state index contributed by atoms with van der Waals surface area (Å²) in [6.07, 6.45) is 0. The molecule has 2 atom stereocenters. The van der Waals surface area contributed by atoms with E-state index in [4.69, 9.17) is 28.9 Å². The fourth-order valence-electron chi connectivity index (χ4n) is 1.96. The van der Waals surface area contributed by atoms with Gasteiger partial charge in [0.15, 0.2) is 9.84 Å². The van der Waals surface area contributed by atoms with Gasteiger partial charge in [-0.15, -0.1) is 23.4 Å². The van der Waals surface area contributed by atoms with Gasteiger partial charge in [0, 0.05) is 10.6 Å². The summed E-state index contributed by atoms with van der Waals surface area (Å²) in [6.45, 7) is 0. The summed E-state index contributed by atoms with van der Waals surface area (Å²) in [5, 5.41) is 2.55. The quantitative estimate of drug-likeness (QED) is 0.477. The van der Waals surface area contributed by atoms with Gasteiger partial charge in [-0.3, -0.25) is 4.79 Å². The molecule has 1 aromatic carbocycles. The van der Waals surface area contributed by atoms with Gasteiger partial charge in [-0.1, -0.05) is 11.6 Å². The fourth-order valence-corrected chi connectivity index (χ4v) is 5.60. The highest BCUT2D eigenvalue weighted by Crippen LogP contribution is 2.28. The Morgan fingerprint density at radius 2 is 2.14 bits per heavy atom. The topological polar surface area (TPSA) is 89.3 Å². The average Bonchev–Trinajstić information content (AvgIpc) is 2.61. The minimum Gasteiger partial charge on any atom is -0.399 e. The molecule has 0 aliphatic carbocycles. The van der Waals surface area contributed by atoms with E-state index in [0.717, 1.165) is 4.90 Å². The number of amides is 1. The lowest BCUT2D eigenvalue weighted by atomic mass is 10.2. The number of nitrogens with two attached hydrogens (primary N) is 1. The predicted molar refractivity (Wildman–Crippen MR) is 86.8 cm³/mol.